The van der Waals surface area contributed by atoms with Crippen molar-refractivity contribution in [1.82, 2.24) is 0 Å². The van der Waals surface area contributed by atoms with Crippen LogP contribution in [0, 0.1) is 0 Å². The smallest absolute Gasteiger partial charge is 0.0481 e. The van der Waals surface area contributed by atoms with Gasteiger partial charge in [-0.25, -0.2) is 0 Å². The van der Waals surface area contributed by atoms with E-state index in [-0.39, 0.29) is 0 Å². The molecule has 1 aliphatic rings. The third-order valence-corrected chi connectivity index (χ3v) is 3.95. The van der Waals surface area contributed by atoms with Crippen molar-refractivity contribution in [3.8, 4) is 0 Å². The molecule has 1 N–H and O–H groups in total. The zero-order chi connectivity index (χ0) is 9.26. The fraction of sp³-hybridized carbons (Fsp3) is 0.400. The second-order valence-electron chi connectivity index (χ2n) is 3.20. The van der Waals surface area contributed by atoms with Crippen LogP contribution < -0.4 is 5.32 Å². The van der Waals surface area contributed by atoms with E-state index >= 15 is 0 Å². The molecule has 1 aromatic carbocycles. The zero-order valence-corrected chi connectivity index (χ0v) is 9.91. The van der Waals surface area contributed by atoms with Gasteiger partial charge >= 0.3 is 0 Å². The summed E-state index contributed by atoms with van der Waals surface area (Å²) in [6.45, 7) is 2.22. The highest BCUT2D eigenvalue weighted by Gasteiger charge is 2.16. The van der Waals surface area contributed by atoms with E-state index in [0.29, 0.717) is 6.04 Å². The van der Waals surface area contributed by atoms with Crippen molar-refractivity contribution < 1.29 is 0 Å². The van der Waals surface area contributed by atoms with Gasteiger partial charge in [0.2, 0.25) is 0 Å². The summed E-state index contributed by atoms with van der Waals surface area (Å²) in [5.41, 5.74) is 1.28. The van der Waals surface area contributed by atoms with Crippen LogP contribution in [0.1, 0.15) is 13.3 Å². The van der Waals surface area contributed by atoms with E-state index in [1.165, 1.54) is 22.8 Å². The molecule has 2 rings (SSSR count). The number of hydrogen-bond acceptors (Lipinski definition) is 2. The molecule has 0 amide bonds. The molecule has 13 heavy (non-hydrogen) atoms. The molecule has 0 aromatic heterocycles. The highest BCUT2D eigenvalue weighted by Crippen LogP contribution is 2.35. The summed E-state index contributed by atoms with van der Waals surface area (Å²) < 4.78 is 1.16. The Morgan fingerprint density at radius 3 is 3.23 bits per heavy atom. The monoisotopic (exact) mass is 257 g/mol. The third kappa shape index (κ3) is 2.02. The molecule has 0 spiro atoms. The predicted molar refractivity (Wildman–Crippen MR) is 62.6 cm³/mol. The standard InChI is InChI=1S/C10H12BrNS/c1-2-8-6-13-10-5-7(11)3-4-9(10)12-8/h3-5,8,12H,2,6H2,1H3. The summed E-state index contributed by atoms with van der Waals surface area (Å²) in [5, 5.41) is 3.53. The van der Waals surface area contributed by atoms with Crippen molar-refractivity contribution in [3.05, 3.63) is 22.7 Å². The van der Waals surface area contributed by atoms with Crippen LogP contribution in [0.2, 0.25) is 0 Å². The second kappa shape index (κ2) is 3.93. The number of anilines is 1. The average Bonchev–Trinajstić information content (AvgIpc) is 2.17. The minimum Gasteiger partial charge on any atom is -0.381 e. The van der Waals surface area contributed by atoms with Crippen molar-refractivity contribution in [2.45, 2.75) is 24.3 Å². The lowest BCUT2D eigenvalue weighted by Gasteiger charge is -2.25. The summed E-state index contributed by atoms with van der Waals surface area (Å²) in [7, 11) is 0. The lowest BCUT2D eigenvalue weighted by Crippen LogP contribution is -2.24. The van der Waals surface area contributed by atoms with Gasteiger partial charge in [0.1, 0.15) is 0 Å². The van der Waals surface area contributed by atoms with Crippen LogP contribution in [-0.2, 0) is 0 Å². The first-order chi connectivity index (χ1) is 6.29. The van der Waals surface area contributed by atoms with Gasteiger partial charge in [0.15, 0.2) is 0 Å². The number of rotatable bonds is 1. The van der Waals surface area contributed by atoms with Crippen LogP contribution in [0.25, 0.3) is 0 Å². The number of fused-ring (bicyclic) bond motifs is 1. The van der Waals surface area contributed by atoms with Gasteiger partial charge in [0.25, 0.3) is 0 Å². The quantitative estimate of drug-likeness (QED) is 0.823. The van der Waals surface area contributed by atoms with E-state index in [1.54, 1.807) is 0 Å². The van der Waals surface area contributed by atoms with E-state index < -0.39 is 0 Å². The Morgan fingerprint density at radius 1 is 1.62 bits per heavy atom. The molecule has 0 radical (unpaired) electrons. The van der Waals surface area contributed by atoms with Crippen molar-refractivity contribution in [1.29, 1.82) is 0 Å². The summed E-state index contributed by atoms with van der Waals surface area (Å²) in [6.07, 6.45) is 1.20. The molecule has 1 heterocycles. The normalized spacial score (nSPS) is 20.6. The zero-order valence-electron chi connectivity index (χ0n) is 7.51. The Labute approximate surface area is 91.4 Å². The Morgan fingerprint density at radius 2 is 2.46 bits per heavy atom. The number of halogens is 1. The van der Waals surface area contributed by atoms with Gasteiger partial charge in [-0.15, -0.1) is 11.8 Å². The lowest BCUT2D eigenvalue weighted by molar-refractivity contribution is 0.764. The SMILES string of the molecule is CCC1CSc2cc(Br)ccc2N1. The Hall–Kier alpha value is -0.150. The van der Waals surface area contributed by atoms with E-state index in [1.807, 2.05) is 11.8 Å². The van der Waals surface area contributed by atoms with Gasteiger partial charge in [-0.1, -0.05) is 22.9 Å². The van der Waals surface area contributed by atoms with Crippen molar-refractivity contribution in [3.63, 3.8) is 0 Å². The first-order valence-electron chi connectivity index (χ1n) is 4.48. The second-order valence-corrected chi connectivity index (χ2v) is 5.18. The van der Waals surface area contributed by atoms with Crippen LogP contribution in [0.15, 0.2) is 27.6 Å². The maximum Gasteiger partial charge on any atom is 0.0481 e. The Bertz CT molecular complexity index is 314. The molecule has 0 fully saturated rings. The first-order valence-corrected chi connectivity index (χ1v) is 6.26. The van der Waals surface area contributed by atoms with Crippen LogP contribution in [0.4, 0.5) is 5.69 Å². The van der Waals surface area contributed by atoms with Crippen molar-refractivity contribution >= 4 is 33.4 Å². The fourth-order valence-electron chi connectivity index (χ4n) is 1.41. The van der Waals surface area contributed by atoms with E-state index in [4.69, 9.17) is 0 Å². The molecule has 0 aliphatic carbocycles. The fourth-order valence-corrected chi connectivity index (χ4v) is 3.11. The van der Waals surface area contributed by atoms with Gasteiger partial charge in [-0.05, 0) is 24.6 Å². The van der Waals surface area contributed by atoms with Crippen molar-refractivity contribution in [2.75, 3.05) is 11.1 Å². The van der Waals surface area contributed by atoms with E-state index in [2.05, 4.69) is 46.4 Å². The molecule has 70 valence electrons. The molecular formula is C10H12BrNS. The van der Waals surface area contributed by atoms with Gasteiger partial charge in [-0.3, -0.25) is 0 Å². The lowest BCUT2D eigenvalue weighted by atomic mass is 10.2. The summed E-state index contributed by atoms with van der Waals surface area (Å²) in [5.74, 6) is 1.18. The van der Waals surface area contributed by atoms with Crippen LogP contribution in [-0.4, -0.2) is 11.8 Å². The number of benzene rings is 1. The molecule has 1 unspecified atom stereocenters. The average molecular weight is 258 g/mol. The highest BCUT2D eigenvalue weighted by molar-refractivity contribution is 9.10. The van der Waals surface area contributed by atoms with Crippen LogP contribution >= 0.6 is 27.7 Å². The van der Waals surface area contributed by atoms with Gasteiger partial charge in [-0.2, -0.15) is 0 Å². The molecule has 0 saturated heterocycles. The van der Waals surface area contributed by atoms with Crippen molar-refractivity contribution in [2.24, 2.45) is 0 Å². The van der Waals surface area contributed by atoms with Gasteiger partial charge in [0.05, 0.1) is 0 Å². The Balaban J connectivity index is 2.26. The molecule has 0 bridgehead atoms. The minimum atomic E-state index is 0.638. The maximum absolute atomic E-state index is 3.53. The number of thioether (sulfide) groups is 1. The largest absolute Gasteiger partial charge is 0.381 e. The summed E-state index contributed by atoms with van der Waals surface area (Å²) in [4.78, 5) is 1.36. The molecule has 1 aromatic rings. The summed E-state index contributed by atoms with van der Waals surface area (Å²) >= 11 is 5.42. The minimum absolute atomic E-state index is 0.638. The van der Waals surface area contributed by atoms with Gasteiger partial charge in [0, 0.05) is 26.9 Å². The first kappa shape index (κ1) is 9.41. The highest BCUT2D eigenvalue weighted by atomic mass is 79.9. The molecule has 3 heteroatoms. The molecule has 1 nitrogen and oxygen atoms in total. The molecular weight excluding hydrogens is 246 g/mol. The third-order valence-electron chi connectivity index (χ3n) is 2.24. The van der Waals surface area contributed by atoms with E-state index in [9.17, 15) is 0 Å². The molecule has 0 saturated carbocycles. The topological polar surface area (TPSA) is 12.0 Å². The number of hydrogen-bond donors (Lipinski definition) is 1. The number of nitrogens with one attached hydrogen (secondary N) is 1. The summed E-state index contributed by atoms with van der Waals surface area (Å²) in [6, 6.07) is 7.05. The molecule has 1 atom stereocenters. The van der Waals surface area contributed by atoms with Crippen LogP contribution in [0.3, 0.4) is 0 Å². The van der Waals surface area contributed by atoms with Crippen LogP contribution in [0.5, 0.6) is 0 Å². The van der Waals surface area contributed by atoms with Gasteiger partial charge < -0.3 is 5.32 Å². The maximum atomic E-state index is 3.53. The molecule has 1 aliphatic heterocycles. The van der Waals surface area contributed by atoms with E-state index in [0.717, 1.165) is 4.47 Å². The predicted octanol–water partition coefficient (Wildman–Crippen LogP) is 3.75. The Kier molecular flexibility index (Phi) is 2.84.